The minimum atomic E-state index is -1.17. The molecule has 3 aromatic carbocycles. The second-order valence-electron chi connectivity index (χ2n) is 10.6. The molecule has 5 rings (SSSR count). The van der Waals surface area contributed by atoms with Crippen molar-refractivity contribution in [3.63, 3.8) is 0 Å². The van der Waals surface area contributed by atoms with Crippen LogP contribution in [0.4, 0.5) is 10.5 Å². The zero-order valence-corrected chi connectivity index (χ0v) is 25.9. The molecule has 4 N–H and O–H groups in total. The monoisotopic (exact) mass is 642 g/mol. The van der Waals surface area contributed by atoms with Crippen molar-refractivity contribution in [3.8, 4) is 11.5 Å². The van der Waals surface area contributed by atoms with Crippen molar-refractivity contribution in [1.82, 2.24) is 20.6 Å². The number of urea groups is 1. The lowest BCUT2D eigenvalue weighted by Gasteiger charge is -2.28. The van der Waals surface area contributed by atoms with Crippen molar-refractivity contribution in [2.75, 3.05) is 20.3 Å². The Balaban J connectivity index is 1.25. The molecule has 0 saturated carbocycles. The number of nitrogens with one attached hydrogen (secondary N) is 3. The van der Waals surface area contributed by atoms with Crippen molar-refractivity contribution < 1.29 is 33.8 Å². The van der Waals surface area contributed by atoms with Gasteiger partial charge >= 0.3 is 12.0 Å². The Hall–Kier alpha value is -5.89. The van der Waals surface area contributed by atoms with Gasteiger partial charge in [0.15, 0.2) is 17.7 Å². The van der Waals surface area contributed by atoms with Crippen molar-refractivity contribution in [3.05, 3.63) is 111 Å². The molecule has 0 aliphatic carbocycles. The fraction of sp³-hybridized carbons (Fsp3) is 0.242. The molecule has 1 aromatic heterocycles. The van der Waals surface area contributed by atoms with E-state index in [1.165, 1.54) is 19.2 Å². The molecule has 244 valence electrons. The van der Waals surface area contributed by atoms with E-state index in [2.05, 4.69) is 21.2 Å². The Bertz CT molecular complexity index is 1850. The quantitative estimate of drug-likeness (QED) is 0.0549. The number of hydrogen-bond acceptors (Lipinski definition) is 10. The number of carbonyl (C=O) groups is 2. The summed E-state index contributed by atoms with van der Waals surface area (Å²) >= 11 is 0. The fourth-order valence-corrected chi connectivity index (χ4v) is 5.24. The Morgan fingerprint density at radius 3 is 2.64 bits per heavy atom. The minimum Gasteiger partial charge on any atom is -0.490 e. The molecule has 0 saturated heterocycles. The number of benzene rings is 3. The first-order valence-electron chi connectivity index (χ1n) is 14.7. The number of nitro benzene ring substituents is 1. The summed E-state index contributed by atoms with van der Waals surface area (Å²) in [6, 6.07) is 18.0. The van der Waals surface area contributed by atoms with E-state index in [1.807, 2.05) is 35.0 Å². The lowest BCUT2D eigenvalue weighted by Crippen LogP contribution is -2.45. The summed E-state index contributed by atoms with van der Waals surface area (Å²) in [4.78, 5) is 35.2. The molecule has 2 atom stereocenters. The van der Waals surface area contributed by atoms with Gasteiger partial charge in [-0.15, -0.1) is 0 Å². The number of aromatic nitrogens is 1. The van der Waals surface area contributed by atoms with Gasteiger partial charge in [-0.2, -0.15) is 5.10 Å². The number of non-ortho nitro benzene ring substituents is 1. The molecule has 14 nitrogen and oxygen atoms in total. The zero-order valence-electron chi connectivity index (χ0n) is 25.9. The van der Waals surface area contributed by atoms with E-state index in [0.717, 1.165) is 22.0 Å². The van der Waals surface area contributed by atoms with Crippen LogP contribution in [0.5, 0.6) is 11.5 Å². The van der Waals surface area contributed by atoms with E-state index >= 15 is 0 Å². The van der Waals surface area contributed by atoms with Crippen LogP contribution in [0.1, 0.15) is 36.6 Å². The van der Waals surface area contributed by atoms with Crippen molar-refractivity contribution in [1.29, 1.82) is 0 Å². The van der Waals surface area contributed by atoms with Gasteiger partial charge in [-0.25, -0.2) is 9.59 Å². The third kappa shape index (κ3) is 7.50. The Labute approximate surface area is 269 Å². The smallest absolute Gasteiger partial charge is 0.337 e. The van der Waals surface area contributed by atoms with Gasteiger partial charge in [-0.3, -0.25) is 15.5 Å². The standard InChI is InChI=1S/C33H34N6O8/c1-4-46-28-15-22(31-30(32(41)45-3)20(2)35-33(42)36-31)11-14-27(28)47-19-29(40)37-34-16-23-18-38(26-8-6-5-7-25(23)26)17-21-9-12-24(13-10-21)39(43)44/h5-16,18,29,31,37,40H,4,17,19H2,1-3H3,(H2,35,36,42)/b34-16+/t29-,31+/m1/s1. The molecule has 0 spiro atoms. The zero-order chi connectivity index (χ0) is 33.5. The molecule has 0 fully saturated rings. The summed E-state index contributed by atoms with van der Waals surface area (Å²) in [6.45, 7) is 4.08. The number of ether oxygens (including phenoxy) is 3. The molecule has 0 bridgehead atoms. The van der Waals surface area contributed by atoms with Crippen molar-refractivity contribution in [2.45, 2.75) is 32.7 Å². The van der Waals surface area contributed by atoms with Gasteiger partial charge in [0.2, 0.25) is 0 Å². The third-order valence-corrected chi connectivity index (χ3v) is 7.42. The Morgan fingerprint density at radius 2 is 1.91 bits per heavy atom. The Morgan fingerprint density at radius 1 is 1.15 bits per heavy atom. The first-order chi connectivity index (χ1) is 22.7. The number of rotatable bonds is 13. The molecular formula is C33H34N6O8. The average Bonchev–Trinajstić information content (AvgIpc) is 3.40. The molecule has 4 aromatic rings. The van der Waals surface area contributed by atoms with Gasteiger partial charge < -0.3 is 34.5 Å². The van der Waals surface area contributed by atoms with Gasteiger partial charge in [0.1, 0.15) is 6.61 Å². The van der Waals surface area contributed by atoms with E-state index in [4.69, 9.17) is 14.2 Å². The van der Waals surface area contributed by atoms with Crippen LogP contribution in [0, 0.1) is 10.1 Å². The number of amides is 2. The SMILES string of the molecule is CCOc1cc([C@@H]2NC(=O)NC(C)=C2C(=O)OC)ccc1OC[C@@H](O)N/N=C/c1cn(Cc2ccc([N+](=O)[O-])cc2)c2ccccc12. The van der Waals surface area contributed by atoms with Crippen LogP contribution >= 0.6 is 0 Å². The first kappa shape index (κ1) is 32.5. The predicted molar refractivity (Wildman–Crippen MR) is 173 cm³/mol. The average molecular weight is 643 g/mol. The molecule has 14 heteroatoms. The van der Waals surface area contributed by atoms with Gasteiger partial charge in [0.25, 0.3) is 5.69 Å². The highest BCUT2D eigenvalue weighted by Gasteiger charge is 2.32. The second kappa shape index (κ2) is 14.5. The molecule has 0 radical (unpaired) electrons. The number of allylic oxidation sites excluding steroid dienone is 1. The highest BCUT2D eigenvalue weighted by molar-refractivity contribution is 5.99. The largest absolute Gasteiger partial charge is 0.490 e. The number of methoxy groups -OCH3 is 1. The maximum atomic E-state index is 12.5. The molecule has 1 aliphatic heterocycles. The number of nitrogens with zero attached hydrogens (tertiary/aromatic N) is 3. The summed E-state index contributed by atoms with van der Waals surface area (Å²) in [5.41, 5.74) is 6.58. The fourth-order valence-electron chi connectivity index (χ4n) is 5.24. The number of nitro groups is 1. The van der Waals surface area contributed by atoms with Gasteiger partial charge in [-0.05, 0) is 43.2 Å². The van der Waals surface area contributed by atoms with Gasteiger partial charge in [0.05, 0.1) is 36.5 Å². The van der Waals surface area contributed by atoms with E-state index < -0.39 is 29.2 Å². The maximum Gasteiger partial charge on any atom is 0.337 e. The minimum absolute atomic E-state index is 0.0348. The van der Waals surface area contributed by atoms with E-state index in [-0.39, 0.29) is 17.9 Å². The summed E-state index contributed by atoms with van der Waals surface area (Å²) < 4.78 is 18.6. The van der Waals surface area contributed by atoms with Crippen LogP contribution in [0.15, 0.2) is 89.3 Å². The number of carbonyl (C=O) groups excluding carboxylic acids is 2. The Kier molecular flexibility index (Phi) is 10.0. The van der Waals surface area contributed by atoms with Crippen LogP contribution < -0.4 is 25.5 Å². The van der Waals surface area contributed by atoms with Crippen LogP contribution in [0.3, 0.4) is 0 Å². The topological polar surface area (TPSA) is 179 Å². The normalized spacial score (nSPS) is 15.2. The third-order valence-electron chi connectivity index (χ3n) is 7.42. The van der Waals surface area contributed by atoms with Crippen LogP contribution in [0.2, 0.25) is 0 Å². The molecule has 47 heavy (non-hydrogen) atoms. The molecule has 1 aliphatic rings. The number of hydrazone groups is 1. The summed E-state index contributed by atoms with van der Waals surface area (Å²) in [6.07, 6.45) is 2.34. The maximum absolute atomic E-state index is 12.5. The van der Waals surface area contributed by atoms with E-state index in [0.29, 0.717) is 35.9 Å². The van der Waals surface area contributed by atoms with Crippen molar-refractivity contribution in [2.24, 2.45) is 5.10 Å². The summed E-state index contributed by atoms with van der Waals surface area (Å²) in [5, 5.41) is 32.0. The van der Waals surface area contributed by atoms with Gasteiger partial charge in [-0.1, -0.05) is 36.4 Å². The van der Waals surface area contributed by atoms with Crippen LogP contribution in [-0.4, -0.2) is 59.4 Å². The lowest BCUT2D eigenvalue weighted by molar-refractivity contribution is -0.384. The number of aliphatic hydroxyl groups is 1. The highest BCUT2D eigenvalue weighted by Crippen LogP contribution is 2.35. The van der Waals surface area contributed by atoms with E-state index in [9.17, 15) is 24.8 Å². The second-order valence-corrected chi connectivity index (χ2v) is 10.6. The summed E-state index contributed by atoms with van der Waals surface area (Å²) in [7, 11) is 1.27. The van der Waals surface area contributed by atoms with Crippen LogP contribution in [-0.2, 0) is 16.1 Å². The van der Waals surface area contributed by atoms with E-state index in [1.54, 1.807) is 50.4 Å². The molecule has 0 unspecified atom stereocenters. The molecule has 2 amide bonds. The number of para-hydroxylation sites is 1. The van der Waals surface area contributed by atoms with Gasteiger partial charge in [0, 0.05) is 47.0 Å². The molecule has 2 heterocycles. The first-order valence-corrected chi connectivity index (χ1v) is 14.7. The predicted octanol–water partition coefficient (Wildman–Crippen LogP) is 4.12. The number of esters is 1. The van der Waals surface area contributed by atoms with Crippen molar-refractivity contribution >= 4 is 34.8 Å². The number of aliphatic hydroxyl groups excluding tert-OH is 1. The highest BCUT2D eigenvalue weighted by atomic mass is 16.6. The lowest BCUT2D eigenvalue weighted by atomic mass is 9.95. The number of fused-ring (bicyclic) bond motifs is 1. The number of hydrogen-bond donors (Lipinski definition) is 4. The molecular weight excluding hydrogens is 608 g/mol. The van der Waals surface area contributed by atoms with Crippen LogP contribution in [0.25, 0.3) is 10.9 Å². The summed E-state index contributed by atoms with van der Waals surface area (Å²) in [5.74, 6) is 0.119.